The van der Waals surface area contributed by atoms with Crippen molar-refractivity contribution in [2.75, 3.05) is 25.1 Å². The molecule has 0 amide bonds. The van der Waals surface area contributed by atoms with Crippen LogP contribution in [0.1, 0.15) is 18.4 Å². The van der Waals surface area contributed by atoms with Gasteiger partial charge in [0.25, 0.3) is 5.56 Å². The van der Waals surface area contributed by atoms with Crippen LogP contribution in [0.4, 0.5) is 5.82 Å². The van der Waals surface area contributed by atoms with Gasteiger partial charge in [-0.2, -0.15) is 0 Å². The van der Waals surface area contributed by atoms with Crippen molar-refractivity contribution in [3.8, 4) is 0 Å². The molecule has 20 heavy (non-hydrogen) atoms. The molecule has 1 unspecified atom stereocenters. The van der Waals surface area contributed by atoms with E-state index in [0.29, 0.717) is 30.7 Å². The summed E-state index contributed by atoms with van der Waals surface area (Å²) in [5, 5.41) is 3.22. The number of anilines is 1. The molecule has 2 atom stereocenters. The van der Waals surface area contributed by atoms with Crippen molar-refractivity contribution in [2.24, 2.45) is 14.1 Å². The van der Waals surface area contributed by atoms with Crippen LogP contribution in [0.3, 0.4) is 0 Å². The van der Waals surface area contributed by atoms with Crippen molar-refractivity contribution in [2.45, 2.75) is 25.5 Å². The van der Waals surface area contributed by atoms with E-state index in [1.54, 1.807) is 7.05 Å². The third-order valence-corrected chi connectivity index (χ3v) is 4.23. The molecule has 3 rings (SSSR count). The van der Waals surface area contributed by atoms with Crippen LogP contribution in [-0.4, -0.2) is 35.1 Å². The Kier molecular flexibility index (Phi) is 3.39. The second-order valence-corrected chi connectivity index (χ2v) is 5.65. The minimum Gasteiger partial charge on any atom is -0.372 e. The number of aromatic nitrogens is 2. The number of hydrogen-bond donors (Lipinski definition) is 2. The molecule has 2 N–H and O–H groups in total. The maximum absolute atomic E-state index is 12.2. The second-order valence-electron chi connectivity index (χ2n) is 5.65. The molecule has 0 aromatic carbocycles. The molecule has 0 spiro atoms. The Morgan fingerprint density at radius 2 is 2.15 bits per heavy atom. The van der Waals surface area contributed by atoms with E-state index >= 15 is 0 Å². The third-order valence-electron chi connectivity index (χ3n) is 4.23. The SMILES string of the molecule is Cn1c2c(c(=O)n(C)c1=O)C[NH+](C[C@@H]1CCCO1)CN2. The van der Waals surface area contributed by atoms with Crippen LogP contribution in [0, 0.1) is 0 Å². The van der Waals surface area contributed by atoms with E-state index in [2.05, 4.69) is 5.32 Å². The lowest BCUT2D eigenvalue weighted by Crippen LogP contribution is -3.13. The summed E-state index contributed by atoms with van der Waals surface area (Å²) < 4.78 is 8.34. The van der Waals surface area contributed by atoms with Crippen LogP contribution in [0.25, 0.3) is 0 Å². The summed E-state index contributed by atoms with van der Waals surface area (Å²) in [4.78, 5) is 25.4. The highest BCUT2D eigenvalue weighted by Crippen LogP contribution is 2.12. The number of quaternary nitrogens is 1. The lowest BCUT2D eigenvalue weighted by molar-refractivity contribution is -0.915. The van der Waals surface area contributed by atoms with E-state index in [1.807, 2.05) is 0 Å². The summed E-state index contributed by atoms with van der Waals surface area (Å²) in [6.07, 6.45) is 2.52. The minimum atomic E-state index is -0.288. The van der Waals surface area contributed by atoms with E-state index in [1.165, 1.54) is 21.1 Å². The molecule has 1 aromatic heterocycles. The van der Waals surface area contributed by atoms with Gasteiger partial charge in [0.05, 0.1) is 0 Å². The van der Waals surface area contributed by atoms with Crippen molar-refractivity contribution in [1.82, 2.24) is 9.13 Å². The lowest BCUT2D eigenvalue weighted by atomic mass is 10.2. The molecule has 7 heteroatoms. The molecule has 1 aromatic rings. The predicted octanol–water partition coefficient (Wildman–Crippen LogP) is -1.97. The van der Waals surface area contributed by atoms with Crippen LogP contribution < -0.4 is 21.5 Å². The molecular formula is C13H21N4O3+. The molecule has 0 saturated carbocycles. The first-order valence-electron chi connectivity index (χ1n) is 7.06. The van der Waals surface area contributed by atoms with Gasteiger partial charge < -0.3 is 15.0 Å². The molecule has 1 fully saturated rings. The third kappa shape index (κ3) is 2.16. The largest absolute Gasteiger partial charge is 0.372 e. The van der Waals surface area contributed by atoms with Gasteiger partial charge in [-0.1, -0.05) is 0 Å². The fraction of sp³-hybridized carbons (Fsp3) is 0.692. The van der Waals surface area contributed by atoms with Crippen molar-refractivity contribution in [3.05, 3.63) is 26.4 Å². The van der Waals surface area contributed by atoms with Gasteiger partial charge in [-0.15, -0.1) is 0 Å². The monoisotopic (exact) mass is 281 g/mol. The van der Waals surface area contributed by atoms with Gasteiger partial charge in [-0.25, -0.2) is 4.79 Å². The van der Waals surface area contributed by atoms with Gasteiger partial charge >= 0.3 is 5.69 Å². The number of nitrogens with one attached hydrogen (secondary N) is 2. The molecule has 2 aliphatic heterocycles. The van der Waals surface area contributed by atoms with Gasteiger partial charge in [0.1, 0.15) is 30.6 Å². The highest BCUT2D eigenvalue weighted by atomic mass is 16.5. The fourth-order valence-corrected chi connectivity index (χ4v) is 3.09. The maximum Gasteiger partial charge on any atom is 0.332 e. The average molecular weight is 281 g/mol. The Hall–Kier alpha value is -1.60. The van der Waals surface area contributed by atoms with Crippen LogP contribution in [0.2, 0.25) is 0 Å². The van der Waals surface area contributed by atoms with Gasteiger partial charge in [0, 0.05) is 20.7 Å². The number of rotatable bonds is 2. The summed E-state index contributed by atoms with van der Waals surface area (Å²) in [6.45, 7) is 3.10. The Labute approximate surface area is 116 Å². The molecule has 7 nitrogen and oxygen atoms in total. The maximum atomic E-state index is 12.2. The first-order valence-corrected chi connectivity index (χ1v) is 7.06. The van der Waals surface area contributed by atoms with E-state index in [-0.39, 0.29) is 11.2 Å². The topological polar surface area (TPSA) is 69.7 Å². The van der Waals surface area contributed by atoms with E-state index in [9.17, 15) is 9.59 Å². The van der Waals surface area contributed by atoms with Crippen molar-refractivity contribution >= 4 is 5.82 Å². The summed E-state index contributed by atoms with van der Waals surface area (Å²) in [7, 11) is 3.22. The first-order chi connectivity index (χ1) is 9.58. The molecule has 1 saturated heterocycles. The molecule has 2 aliphatic rings. The van der Waals surface area contributed by atoms with Crippen molar-refractivity contribution < 1.29 is 9.64 Å². The van der Waals surface area contributed by atoms with E-state index in [0.717, 1.165) is 26.0 Å². The number of fused-ring (bicyclic) bond motifs is 1. The zero-order valence-corrected chi connectivity index (χ0v) is 11.9. The molecule has 3 heterocycles. The second kappa shape index (κ2) is 5.06. The van der Waals surface area contributed by atoms with Crippen LogP contribution in [0.5, 0.6) is 0 Å². The Balaban J connectivity index is 1.87. The Morgan fingerprint density at radius 1 is 1.35 bits per heavy atom. The molecule has 0 bridgehead atoms. The standard InChI is InChI=1S/C13H20N4O3/c1-15-11-10(12(18)16(2)13(15)19)7-17(8-14-11)6-9-4-3-5-20-9/h9,14H,3-8H2,1-2H3/p+1/t9-/m0/s1. The summed E-state index contributed by atoms with van der Waals surface area (Å²) >= 11 is 0. The Bertz CT molecular complexity index is 628. The lowest BCUT2D eigenvalue weighted by Gasteiger charge is -2.29. The van der Waals surface area contributed by atoms with Gasteiger partial charge in [-0.05, 0) is 12.8 Å². The quantitative estimate of drug-likeness (QED) is 0.660. The number of nitrogens with zero attached hydrogens (tertiary/aromatic N) is 2. The average Bonchev–Trinajstić information content (AvgIpc) is 2.95. The first kappa shape index (κ1) is 13.4. The highest BCUT2D eigenvalue weighted by Gasteiger charge is 2.28. The smallest absolute Gasteiger partial charge is 0.332 e. The van der Waals surface area contributed by atoms with Crippen LogP contribution in [-0.2, 0) is 25.4 Å². The predicted molar refractivity (Wildman–Crippen MR) is 73.9 cm³/mol. The fourth-order valence-electron chi connectivity index (χ4n) is 3.09. The summed E-state index contributed by atoms with van der Waals surface area (Å²) in [5.74, 6) is 0.661. The number of ether oxygens (including phenoxy) is 1. The van der Waals surface area contributed by atoms with Crippen molar-refractivity contribution in [1.29, 1.82) is 0 Å². The van der Waals surface area contributed by atoms with Crippen LogP contribution >= 0.6 is 0 Å². The van der Waals surface area contributed by atoms with Crippen molar-refractivity contribution in [3.63, 3.8) is 0 Å². The molecular weight excluding hydrogens is 260 g/mol. The summed E-state index contributed by atoms with van der Waals surface area (Å²) in [6, 6.07) is 0. The van der Waals surface area contributed by atoms with E-state index in [4.69, 9.17) is 4.74 Å². The molecule has 0 radical (unpaired) electrons. The number of hydrogen-bond acceptors (Lipinski definition) is 4. The Morgan fingerprint density at radius 3 is 2.85 bits per heavy atom. The van der Waals surface area contributed by atoms with Gasteiger partial charge in [0.15, 0.2) is 6.67 Å². The summed E-state index contributed by atoms with van der Waals surface area (Å²) in [5.41, 5.74) is 0.206. The zero-order chi connectivity index (χ0) is 14.3. The van der Waals surface area contributed by atoms with Gasteiger partial charge in [-0.3, -0.25) is 13.9 Å². The molecule has 110 valence electrons. The van der Waals surface area contributed by atoms with E-state index < -0.39 is 0 Å². The van der Waals surface area contributed by atoms with Crippen LogP contribution in [0.15, 0.2) is 9.59 Å². The highest BCUT2D eigenvalue weighted by molar-refractivity contribution is 5.43. The zero-order valence-electron chi connectivity index (χ0n) is 11.9. The molecule has 0 aliphatic carbocycles. The minimum absolute atomic E-state index is 0.194. The normalized spacial score (nSPS) is 25.3. The van der Waals surface area contributed by atoms with Gasteiger partial charge in [0.2, 0.25) is 0 Å².